The van der Waals surface area contributed by atoms with Gasteiger partial charge in [-0.2, -0.15) is 11.8 Å². The van der Waals surface area contributed by atoms with Crippen molar-refractivity contribution in [2.45, 2.75) is 43.4 Å². The molecule has 0 amide bonds. The molecule has 1 N–H and O–H groups in total. The van der Waals surface area contributed by atoms with Crippen molar-refractivity contribution >= 4 is 11.8 Å². The molecule has 1 fully saturated rings. The van der Waals surface area contributed by atoms with Crippen molar-refractivity contribution in [1.82, 2.24) is 5.32 Å². The van der Waals surface area contributed by atoms with E-state index in [1.165, 1.54) is 30.4 Å². The summed E-state index contributed by atoms with van der Waals surface area (Å²) in [7, 11) is 0. The van der Waals surface area contributed by atoms with Crippen molar-refractivity contribution < 1.29 is 4.74 Å². The maximum absolute atomic E-state index is 5.55. The molecule has 1 aliphatic heterocycles. The summed E-state index contributed by atoms with van der Waals surface area (Å²) in [6, 6.07) is 7.42. The first-order valence-electron chi connectivity index (χ1n) is 7.36. The Labute approximate surface area is 120 Å². The molecule has 1 aliphatic carbocycles. The smallest absolute Gasteiger partial charge is 0.122 e. The predicted octanol–water partition coefficient (Wildman–Crippen LogP) is 3.04. The first-order valence-corrected chi connectivity index (χ1v) is 8.65. The standard InChI is InChI=1S/C16H23NOS/c1-19-15-4-3-14(11-15)17-8-6-12-2-5-16-13(10-12)7-9-18-16/h2,5,10,14-15,17H,3-4,6-9,11H2,1H3. The lowest BCUT2D eigenvalue weighted by Crippen LogP contribution is -2.28. The van der Waals surface area contributed by atoms with E-state index >= 15 is 0 Å². The summed E-state index contributed by atoms with van der Waals surface area (Å²) in [5, 5.41) is 4.60. The monoisotopic (exact) mass is 277 g/mol. The lowest BCUT2D eigenvalue weighted by Gasteiger charge is -2.13. The van der Waals surface area contributed by atoms with Gasteiger partial charge in [-0.3, -0.25) is 0 Å². The Morgan fingerprint density at radius 2 is 2.32 bits per heavy atom. The summed E-state index contributed by atoms with van der Waals surface area (Å²) in [5.74, 6) is 1.09. The SMILES string of the molecule is CSC1CCC(NCCc2ccc3c(c2)CCO3)C1. The van der Waals surface area contributed by atoms with E-state index in [9.17, 15) is 0 Å². The molecule has 3 rings (SSSR count). The second-order valence-corrected chi connectivity index (χ2v) is 6.75. The van der Waals surface area contributed by atoms with Gasteiger partial charge in [0.05, 0.1) is 6.61 Å². The number of nitrogens with one attached hydrogen (secondary N) is 1. The van der Waals surface area contributed by atoms with Gasteiger partial charge in [0.25, 0.3) is 0 Å². The molecule has 0 spiro atoms. The van der Waals surface area contributed by atoms with Gasteiger partial charge in [0.15, 0.2) is 0 Å². The molecule has 0 bridgehead atoms. The molecule has 1 heterocycles. The molecule has 19 heavy (non-hydrogen) atoms. The fourth-order valence-electron chi connectivity index (χ4n) is 3.16. The molecule has 2 atom stereocenters. The topological polar surface area (TPSA) is 21.3 Å². The summed E-state index contributed by atoms with van der Waals surface area (Å²) in [6.45, 7) is 1.96. The Balaban J connectivity index is 1.45. The van der Waals surface area contributed by atoms with E-state index in [1.54, 1.807) is 0 Å². The van der Waals surface area contributed by atoms with Gasteiger partial charge in [-0.05, 0) is 55.7 Å². The quantitative estimate of drug-likeness (QED) is 0.894. The zero-order valence-electron chi connectivity index (χ0n) is 11.7. The molecule has 3 heteroatoms. The van der Waals surface area contributed by atoms with Crippen LogP contribution >= 0.6 is 11.8 Å². The van der Waals surface area contributed by atoms with E-state index in [2.05, 4.69) is 29.8 Å². The highest BCUT2D eigenvalue weighted by molar-refractivity contribution is 7.99. The highest BCUT2D eigenvalue weighted by Crippen LogP contribution is 2.28. The number of ether oxygens (including phenoxy) is 1. The maximum atomic E-state index is 5.55. The van der Waals surface area contributed by atoms with Gasteiger partial charge < -0.3 is 10.1 Å². The normalized spacial score (nSPS) is 25.3. The van der Waals surface area contributed by atoms with Crippen LogP contribution in [0.4, 0.5) is 0 Å². The zero-order chi connectivity index (χ0) is 13.1. The first kappa shape index (κ1) is 13.3. The van der Waals surface area contributed by atoms with Crippen LogP contribution in [0.3, 0.4) is 0 Å². The van der Waals surface area contributed by atoms with Gasteiger partial charge in [-0.25, -0.2) is 0 Å². The van der Waals surface area contributed by atoms with Crippen molar-refractivity contribution in [3.63, 3.8) is 0 Å². The van der Waals surface area contributed by atoms with Crippen molar-refractivity contribution in [2.24, 2.45) is 0 Å². The second kappa shape index (κ2) is 6.19. The zero-order valence-corrected chi connectivity index (χ0v) is 12.5. The molecule has 2 unspecified atom stereocenters. The maximum Gasteiger partial charge on any atom is 0.122 e. The third-order valence-corrected chi connectivity index (χ3v) is 5.41. The van der Waals surface area contributed by atoms with Crippen molar-refractivity contribution in [1.29, 1.82) is 0 Å². The van der Waals surface area contributed by atoms with Crippen LogP contribution in [0.5, 0.6) is 5.75 Å². The van der Waals surface area contributed by atoms with E-state index in [1.807, 2.05) is 11.8 Å². The number of rotatable bonds is 5. The van der Waals surface area contributed by atoms with E-state index in [-0.39, 0.29) is 0 Å². The molecule has 0 radical (unpaired) electrons. The fraction of sp³-hybridized carbons (Fsp3) is 0.625. The molecule has 0 aromatic heterocycles. The number of hydrogen-bond donors (Lipinski definition) is 1. The first-order chi connectivity index (χ1) is 9.35. The Hall–Kier alpha value is -0.670. The van der Waals surface area contributed by atoms with Gasteiger partial charge in [0, 0.05) is 17.7 Å². The van der Waals surface area contributed by atoms with Crippen LogP contribution in [0.15, 0.2) is 18.2 Å². The summed E-state index contributed by atoms with van der Waals surface area (Å²) < 4.78 is 5.55. The van der Waals surface area contributed by atoms with E-state index < -0.39 is 0 Å². The van der Waals surface area contributed by atoms with Gasteiger partial charge in [0.2, 0.25) is 0 Å². The lowest BCUT2D eigenvalue weighted by atomic mass is 10.1. The van der Waals surface area contributed by atoms with E-state index in [0.717, 1.165) is 43.0 Å². The van der Waals surface area contributed by atoms with Crippen LogP contribution in [0.2, 0.25) is 0 Å². The van der Waals surface area contributed by atoms with Crippen LogP contribution in [-0.2, 0) is 12.8 Å². The minimum atomic E-state index is 0.746. The summed E-state index contributed by atoms with van der Waals surface area (Å²) in [4.78, 5) is 0. The average molecular weight is 277 g/mol. The van der Waals surface area contributed by atoms with Gasteiger partial charge >= 0.3 is 0 Å². The highest BCUT2D eigenvalue weighted by Gasteiger charge is 2.23. The van der Waals surface area contributed by atoms with E-state index in [0.29, 0.717) is 0 Å². The van der Waals surface area contributed by atoms with Crippen LogP contribution in [-0.4, -0.2) is 30.7 Å². The Morgan fingerprint density at radius 1 is 1.37 bits per heavy atom. The Bertz CT molecular complexity index is 435. The van der Waals surface area contributed by atoms with Crippen LogP contribution in [0.25, 0.3) is 0 Å². The van der Waals surface area contributed by atoms with Crippen molar-refractivity contribution in [2.75, 3.05) is 19.4 Å². The molecule has 2 nitrogen and oxygen atoms in total. The van der Waals surface area contributed by atoms with Crippen molar-refractivity contribution in [3.8, 4) is 5.75 Å². The molecular formula is C16H23NOS. The van der Waals surface area contributed by atoms with Gasteiger partial charge in [-0.15, -0.1) is 0 Å². The van der Waals surface area contributed by atoms with Crippen LogP contribution in [0.1, 0.15) is 30.4 Å². The lowest BCUT2D eigenvalue weighted by molar-refractivity contribution is 0.357. The summed E-state index contributed by atoms with van der Waals surface area (Å²) >= 11 is 2.03. The van der Waals surface area contributed by atoms with Gasteiger partial charge in [0.1, 0.15) is 5.75 Å². The van der Waals surface area contributed by atoms with Crippen LogP contribution in [0, 0.1) is 0 Å². The van der Waals surface area contributed by atoms with Gasteiger partial charge in [-0.1, -0.05) is 12.1 Å². The molecule has 1 saturated carbocycles. The van der Waals surface area contributed by atoms with Crippen LogP contribution < -0.4 is 10.1 Å². The Morgan fingerprint density at radius 3 is 3.16 bits per heavy atom. The molecule has 104 valence electrons. The molecule has 2 aliphatic rings. The second-order valence-electron chi connectivity index (χ2n) is 5.61. The number of hydrogen-bond acceptors (Lipinski definition) is 3. The Kier molecular flexibility index (Phi) is 4.34. The number of benzene rings is 1. The predicted molar refractivity (Wildman–Crippen MR) is 82.3 cm³/mol. The molecular weight excluding hydrogens is 254 g/mol. The highest BCUT2D eigenvalue weighted by atomic mass is 32.2. The molecule has 0 saturated heterocycles. The minimum Gasteiger partial charge on any atom is -0.493 e. The molecule has 1 aromatic rings. The number of fused-ring (bicyclic) bond motifs is 1. The molecule has 1 aromatic carbocycles. The summed E-state index contributed by atoms with van der Waals surface area (Å²) in [5.41, 5.74) is 2.83. The fourth-order valence-corrected chi connectivity index (χ4v) is 3.95. The van der Waals surface area contributed by atoms with Crippen molar-refractivity contribution in [3.05, 3.63) is 29.3 Å². The number of thioether (sulfide) groups is 1. The summed E-state index contributed by atoms with van der Waals surface area (Å²) in [6.07, 6.45) is 8.53. The minimum absolute atomic E-state index is 0.746. The largest absolute Gasteiger partial charge is 0.493 e. The van der Waals surface area contributed by atoms with E-state index in [4.69, 9.17) is 4.74 Å². The third kappa shape index (κ3) is 3.26. The third-order valence-electron chi connectivity index (χ3n) is 4.32. The average Bonchev–Trinajstić information content (AvgIpc) is 3.06.